The SMILES string of the molecule is O=C(O)[C@H]1C[C@@H](O)CN1C(=O)C1CNCCO1. The van der Waals surface area contributed by atoms with E-state index in [-0.39, 0.29) is 18.9 Å². The number of carboxylic acids is 1. The number of aliphatic carboxylic acids is 1. The first-order valence-electron chi connectivity index (χ1n) is 5.63. The topological polar surface area (TPSA) is 99.1 Å². The maximum absolute atomic E-state index is 12.0. The maximum Gasteiger partial charge on any atom is 0.326 e. The highest BCUT2D eigenvalue weighted by atomic mass is 16.5. The number of nitrogens with zero attached hydrogens (tertiary/aromatic N) is 1. The van der Waals surface area contributed by atoms with Crippen molar-refractivity contribution >= 4 is 11.9 Å². The van der Waals surface area contributed by atoms with Crippen molar-refractivity contribution in [1.29, 1.82) is 0 Å². The highest BCUT2D eigenvalue weighted by Crippen LogP contribution is 2.20. The predicted molar refractivity (Wildman–Crippen MR) is 56.4 cm³/mol. The van der Waals surface area contributed by atoms with Crippen LogP contribution in [0.5, 0.6) is 0 Å². The maximum atomic E-state index is 12.0. The zero-order chi connectivity index (χ0) is 12.4. The van der Waals surface area contributed by atoms with E-state index >= 15 is 0 Å². The van der Waals surface area contributed by atoms with E-state index in [1.165, 1.54) is 4.90 Å². The molecule has 2 aliphatic heterocycles. The summed E-state index contributed by atoms with van der Waals surface area (Å²) in [7, 11) is 0. The van der Waals surface area contributed by atoms with Crippen LogP contribution in [0.15, 0.2) is 0 Å². The van der Waals surface area contributed by atoms with E-state index < -0.39 is 24.2 Å². The zero-order valence-electron chi connectivity index (χ0n) is 9.33. The van der Waals surface area contributed by atoms with Crippen LogP contribution in [0.4, 0.5) is 0 Å². The molecule has 0 radical (unpaired) electrons. The number of β-amino-alcohol motifs (C(OH)–C–C–N with tert-alkyl or cyclic N) is 1. The lowest BCUT2D eigenvalue weighted by Crippen LogP contribution is -2.52. The van der Waals surface area contributed by atoms with Crippen LogP contribution < -0.4 is 5.32 Å². The normalized spacial score (nSPS) is 33.7. The van der Waals surface area contributed by atoms with Gasteiger partial charge in [0.05, 0.1) is 12.7 Å². The molecular formula is C10H16N2O5. The average Bonchev–Trinajstić information content (AvgIpc) is 2.72. The van der Waals surface area contributed by atoms with Crippen molar-refractivity contribution in [3.05, 3.63) is 0 Å². The number of hydrogen-bond acceptors (Lipinski definition) is 5. The molecule has 0 bridgehead atoms. The van der Waals surface area contributed by atoms with Gasteiger partial charge in [0.25, 0.3) is 5.91 Å². The van der Waals surface area contributed by atoms with E-state index in [2.05, 4.69) is 5.32 Å². The Hall–Kier alpha value is -1.18. The highest BCUT2D eigenvalue weighted by Gasteiger charge is 2.41. The summed E-state index contributed by atoms with van der Waals surface area (Å²) in [6, 6.07) is -0.942. The van der Waals surface area contributed by atoms with Gasteiger partial charge in [-0.3, -0.25) is 4.79 Å². The van der Waals surface area contributed by atoms with E-state index in [0.717, 1.165) is 0 Å². The molecule has 2 saturated heterocycles. The first kappa shape index (κ1) is 12.3. The van der Waals surface area contributed by atoms with Crippen LogP contribution in [-0.4, -0.2) is 71.5 Å². The first-order valence-corrected chi connectivity index (χ1v) is 5.63. The lowest BCUT2D eigenvalue weighted by Gasteiger charge is -2.29. The molecule has 3 N–H and O–H groups in total. The number of carbonyl (C=O) groups excluding carboxylic acids is 1. The molecule has 2 fully saturated rings. The average molecular weight is 244 g/mol. The molecule has 7 heteroatoms. The number of morpholine rings is 1. The van der Waals surface area contributed by atoms with Crippen LogP contribution >= 0.6 is 0 Å². The Balaban J connectivity index is 2.04. The van der Waals surface area contributed by atoms with Gasteiger partial charge < -0.3 is 25.2 Å². The number of nitrogens with one attached hydrogen (secondary N) is 1. The number of ether oxygens (including phenoxy) is 1. The molecule has 0 aromatic rings. The van der Waals surface area contributed by atoms with Crippen molar-refractivity contribution in [2.45, 2.75) is 24.7 Å². The number of aliphatic hydroxyl groups is 1. The van der Waals surface area contributed by atoms with Gasteiger partial charge in [-0.15, -0.1) is 0 Å². The minimum absolute atomic E-state index is 0.0651. The Morgan fingerprint density at radius 2 is 2.18 bits per heavy atom. The highest BCUT2D eigenvalue weighted by molar-refractivity contribution is 5.87. The summed E-state index contributed by atoms with van der Waals surface area (Å²) in [4.78, 5) is 24.2. The summed E-state index contributed by atoms with van der Waals surface area (Å²) >= 11 is 0. The standard InChI is InChI=1S/C10H16N2O5/c13-6-3-7(10(15)16)12(5-6)9(14)8-4-11-1-2-17-8/h6-8,11,13H,1-5H2,(H,15,16)/t6-,7-,8?/m1/s1. The van der Waals surface area contributed by atoms with Gasteiger partial charge >= 0.3 is 5.97 Å². The molecule has 2 rings (SSSR count). The third-order valence-electron chi connectivity index (χ3n) is 3.05. The van der Waals surface area contributed by atoms with Crippen molar-refractivity contribution < 1.29 is 24.5 Å². The molecule has 0 aromatic heterocycles. The Bertz CT molecular complexity index is 316. The summed E-state index contributed by atoms with van der Waals surface area (Å²) in [6.07, 6.45) is -1.33. The molecule has 2 heterocycles. The largest absolute Gasteiger partial charge is 0.480 e. The van der Waals surface area contributed by atoms with Crippen LogP contribution in [0.25, 0.3) is 0 Å². The summed E-state index contributed by atoms with van der Waals surface area (Å²) in [6.45, 7) is 1.58. The summed E-state index contributed by atoms with van der Waals surface area (Å²) in [5, 5.41) is 21.5. The van der Waals surface area contributed by atoms with Gasteiger partial charge in [0, 0.05) is 26.1 Å². The van der Waals surface area contributed by atoms with Gasteiger partial charge in [0.2, 0.25) is 0 Å². The second-order valence-corrected chi connectivity index (χ2v) is 4.30. The van der Waals surface area contributed by atoms with Crippen molar-refractivity contribution in [2.24, 2.45) is 0 Å². The number of likely N-dealkylation sites (tertiary alicyclic amines) is 1. The molecule has 96 valence electrons. The summed E-state index contributed by atoms with van der Waals surface area (Å²) < 4.78 is 5.29. The predicted octanol–water partition coefficient (Wildman–Crippen LogP) is -1.98. The van der Waals surface area contributed by atoms with E-state index in [1.807, 2.05) is 0 Å². The Morgan fingerprint density at radius 3 is 2.76 bits per heavy atom. The summed E-state index contributed by atoms with van der Waals surface area (Å²) in [5.41, 5.74) is 0. The minimum atomic E-state index is -1.08. The van der Waals surface area contributed by atoms with E-state index in [9.17, 15) is 14.7 Å². The molecule has 3 atom stereocenters. The number of rotatable bonds is 2. The second kappa shape index (κ2) is 4.99. The molecule has 0 spiro atoms. The third-order valence-corrected chi connectivity index (χ3v) is 3.05. The zero-order valence-corrected chi connectivity index (χ0v) is 9.33. The van der Waals surface area contributed by atoms with Crippen molar-refractivity contribution in [1.82, 2.24) is 10.2 Å². The quantitative estimate of drug-likeness (QED) is 0.520. The summed E-state index contributed by atoms with van der Waals surface area (Å²) in [5.74, 6) is -1.44. The number of amides is 1. The van der Waals surface area contributed by atoms with Crippen LogP contribution in [0.2, 0.25) is 0 Å². The third kappa shape index (κ3) is 2.56. The molecule has 1 unspecified atom stereocenters. The van der Waals surface area contributed by atoms with E-state index in [4.69, 9.17) is 9.84 Å². The number of aliphatic hydroxyl groups excluding tert-OH is 1. The molecule has 17 heavy (non-hydrogen) atoms. The van der Waals surface area contributed by atoms with Gasteiger partial charge in [0.1, 0.15) is 12.1 Å². The van der Waals surface area contributed by atoms with Gasteiger partial charge in [-0.25, -0.2) is 4.79 Å². The molecule has 7 nitrogen and oxygen atoms in total. The lowest BCUT2D eigenvalue weighted by atomic mass is 10.2. The Morgan fingerprint density at radius 1 is 1.41 bits per heavy atom. The molecular weight excluding hydrogens is 228 g/mol. The molecule has 0 aliphatic carbocycles. The lowest BCUT2D eigenvalue weighted by molar-refractivity contribution is -0.154. The monoisotopic (exact) mass is 244 g/mol. The minimum Gasteiger partial charge on any atom is -0.480 e. The van der Waals surface area contributed by atoms with Gasteiger partial charge in [-0.05, 0) is 0 Å². The van der Waals surface area contributed by atoms with Crippen LogP contribution in [0.1, 0.15) is 6.42 Å². The molecule has 1 amide bonds. The van der Waals surface area contributed by atoms with Crippen molar-refractivity contribution in [2.75, 3.05) is 26.2 Å². The number of carbonyl (C=O) groups is 2. The second-order valence-electron chi connectivity index (χ2n) is 4.30. The van der Waals surface area contributed by atoms with Crippen LogP contribution in [0, 0.1) is 0 Å². The smallest absolute Gasteiger partial charge is 0.326 e. The fourth-order valence-electron chi connectivity index (χ4n) is 2.20. The van der Waals surface area contributed by atoms with Crippen LogP contribution in [0.3, 0.4) is 0 Å². The number of hydrogen-bond donors (Lipinski definition) is 3. The molecule has 0 saturated carbocycles. The Labute approximate surface area is 98.3 Å². The van der Waals surface area contributed by atoms with Gasteiger partial charge in [-0.2, -0.15) is 0 Å². The van der Waals surface area contributed by atoms with Gasteiger partial charge in [0.15, 0.2) is 0 Å². The van der Waals surface area contributed by atoms with Gasteiger partial charge in [-0.1, -0.05) is 0 Å². The Kier molecular flexibility index (Phi) is 3.60. The van der Waals surface area contributed by atoms with E-state index in [0.29, 0.717) is 19.7 Å². The molecule has 2 aliphatic rings. The first-order chi connectivity index (χ1) is 8.09. The van der Waals surface area contributed by atoms with E-state index in [1.54, 1.807) is 0 Å². The van der Waals surface area contributed by atoms with Crippen LogP contribution in [-0.2, 0) is 14.3 Å². The van der Waals surface area contributed by atoms with Crippen molar-refractivity contribution in [3.63, 3.8) is 0 Å². The molecule has 0 aromatic carbocycles. The fraction of sp³-hybridized carbons (Fsp3) is 0.800. The number of carboxylic acid groups (broad SMARTS) is 1. The fourth-order valence-corrected chi connectivity index (χ4v) is 2.20. The van der Waals surface area contributed by atoms with Crippen molar-refractivity contribution in [3.8, 4) is 0 Å².